The standard InChI is InChI=1S/C14H22N2O2/c1-11(2)18-12-6-4-9-15-13(12)16-10-14(17-3)7-5-8-14/h4,6,9,11H,5,7-8,10H2,1-3H3,(H,15,16). The lowest BCUT2D eigenvalue weighted by molar-refractivity contribution is -0.0602. The average Bonchev–Trinajstić information content (AvgIpc) is 2.29. The molecule has 0 radical (unpaired) electrons. The summed E-state index contributed by atoms with van der Waals surface area (Å²) in [7, 11) is 1.78. The molecule has 0 unspecified atom stereocenters. The molecule has 0 aromatic carbocycles. The fourth-order valence-corrected chi connectivity index (χ4v) is 2.14. The summed E-state index contributed by atoms with van der Waals surface area (Å²) in [4.78, 5) is 4.34. The highest BCUT2D eigenvalue weighted by molar-refractivity contribution is 5.49. The van der Waals surface area contributed by atoms with Crippen molar-refractivity contribution in [3.8, 4) is 5.75 Å². The molecule has 18 heavy (non-hydrogen) atoms. The predicted molar refractivity (Wildman–Crippen MR) is 72.1 cm³/mol. The van der Waals surface area contributed by atoms with Gasteiger partial charge in [-0.05, 0) is 45.2 Å². The topological polar surface area (TPSA) is 43.4 Å². The maximum Gasteiger partial charge on any atom is 0.168 e. The van der Waals surface area contributed by atoms with E-state index in [-0.39, 0.29) is 11.7 Å². The van der Waals surface area contributed by atoms with Gasteiger partial charge in [-0.25, -0.2) is 4.98 Å². The second-order valence-corrected chi connectivity index (χ2v) is 5.11. The SMILES string of the molecule is COC1(CNc2ncccc2OC(C)C)CCC1. The van der Waals surface area contributed by atoms with E-state index in [0.717, 1.165) is 31.0 Å². The Balaban J connectivity index is 2.00. The number of anilines is 1. The predicted octanol–water partition coefficient (Wildman–Crippen LogP) is 2.85. The molecule has 4 heteroatoms. The van der Waals surface area contributed by atoms with Gasteiger partial charge in [0.2, 0.25) is 0 Å². The number of hydrogen-bond donors (Lipinski definition) is 1. The zero-order chi connectivity index (χ0) is 13.0. The number of methoxy groups -OCH3 is 1. The Bertz CT molecular complexity index is 384. The molecule has 1 aliphatic carbocycles. The Morgan fingerprint density at radius 2 is 2.22 bits per heavy atom. The highest BCUT2D eigenvalue weighted by Gasteiger charge is 2.36. The van der Waals surface area contributed by atoms with Gasteiger partial charge < -0.3 is 14.8 Å². The molecular formula is C14H22N2O2. The summed E-state index contributed by atoms with van der Waals surface area (Å²) in [6.45, 7) is 4.81. The zero-order valence-corrected chi connectivity index (χ0v) is 11.4. The fraction of sp³-hybridized carbons (Fsp3) is 0.643. The highest BCUT2D eigenvalue weighted by Crippen LogP contribution is 2.35. The van der Waals surface area contributed by atoms with Gasteiger partial charge in [0.25, 0.3) is 0 Å². The molecule has 1 aromatic rings. The molecule has 1 aliphatic rings. The minimum atomic E-state index is -0.00732. The summed E-state index contributed by atoms with van der Waals surface area (Å²) in [6.07, 6.45) is 5.39. The Morgan fingerprint density at radius 3 is 2.78 bits per heavy atom. The number of nitrogens with zero attached hydrogens (tertiary/aromatic N) is 1. The van der Waals surface area contributed by atoms with Crippen molar-refractivity contribution in [2.45, 2.75) is 44.8 Å². The lowest BCUT2D eigenvalue weighted by atomic mass is 9.80. The summed E-state index contributed by atoms with van der Waals surface area (Å²) >= 11 is 0. The second-order valence-electron chi connectivity index (χ2n) is 5.11. The molecule has 1 saturated carbocycles. The molecule has 0 saturated heterocycles. The van der Waals surface area contributed by atoms with Crippen molar-refractivity contribution in [1.82, 2.24) is 4.98 Å². The van der Waals surface area contributed by atoms with Gasteiger partial charge in [0.1, 0.15) is 0 Å². The van der Waals surface area contributed by atoms with E-state index in [2.05, 4.69) is 10.3 Å². The van der Waals surface area contributed by atoms with Gasteiger partial charge in [-0.1, -0.05) is 0 Å². The van der Waals surface area contributed by atoms with Gasteiger partial charge >= 0.3 is 0 Å². The summed E-state index contributed by atoms with van der Waals surface area (Å²) < 4.78 is 11.3. The third-order valence-electron chi connectivity index (χ3n) is 3.41. The first-order valence-electron chi connectivity index (χ1n) is 6.56. The number of nitrogens with one attached hydrogen (secondary N) is 1. The average molecular weight is 250 g/mol. The molecule has 0 bridgehead atoms. The quantitative estimate of drug-likeness (QED) is 0.843. The molecule has 1 N–H and O–H groups in total. The van der Waals surface area contributed by atoms with Crippen LogP contribution in [0.25, 0.3) is 0 Å². The van der Waals surface area contributed by atoms with Crippen LogP contribution in [0.1, 0.15) is 33.1 Å². The van der Waals surface area contributed by atoms with Crippen molar-refractivity contribution in [2.24, 2.45) is 0 Å². The Morgan fingerprint density at radius 1 is 1.44 bits per heavy atom. The van der Waals surface area contributed by atoms with Crippen LogP contribution in [0, 0.1) is 0 Å². The molecule has 0 spiro atoms. The summed E-state index contributed by atoms with van der Waals surface area (Å²) in [5, 5.41) is 3.35. The van der Waals surface area contributed by atoms with Crippen LogP contribution in [-0.4, -0.2) is 30.3 Å². The maximum atomic E-state index is 5.73. The van der Waals surface area contributed by atoms with Crippen molar-refractivity contribution in [3.05, 3.63) is 18.3 Å². The van der Waals surface area contributed by atoms with E-state index in [1.54, 1.807) is 13.3 Å². The molecule has 2 rings (SSSR count). The molecular weight excluding hydrogens is 228 g/mol. The first kappa shape index (κ1) is 13.1. The van der Waals surface area contributed by atoms with Crippen molar-refractivity contribution in [3.63, 3.8) is 0 Å². The highest BCUT2D eigenvalue weighted by atomic mass is 16.5. The van der Waals surface area contributed by atoms with E-state index in [4.69, 9.17) is 9.47 Å². The first-order valence-corrected chi connectivity index (χ1v) is 6.56. The number of aromatic nitrogens is 1. The summed E-state index contributed by atoms with van der Waals surface area (Å²) in [5.41, 5.74) is -0.00732. The zero-order valence-electron chi connectivity index (χ0n) is 11.4. The van der Waals surface area contributed by atoms with Gasteiger partial charge in [-0.3, -0.25) is 0 Å². The maximum absolute atomic E-state index is 5.73. The number of rotatable bonds is 6. The van der Waals surface area contributed by atoms with E-state index in [1.165, 1.54) is 6.42 Å². The molecule has 1 aromatic heterocycles. The van der Waals surface area contributed by atoms with Gasteiger partial charge in [0.05, 0.1) is 11.7 Å². The molecule has 1 heterocycles. The third kappa shape index (κ3) is 2.93. The van der Waals surface area contributed by atoms with Gasteiger partial charge in [-0.2, -0.15) is 0 Å². The lowest BCUT2D eigenvalue weighted by Gasteiger charge is -2.40. The molecule has 100 valence electrons. The normalized spacial score (nSPS) is 17.3. The Labute approximate surface area is 109 Å². The molecule has 0 aliphatic heterocycles. The smallest absolute Gasteiger partial charge is 0.168 e. The van der Waals surface area contributed by atoms with Crippen molar-refractivity contribution >= 4 is 5.82 Å². The minimum Gasteiger partial charge on any atom is -0.487 e. The van der Waals surface area contributed by atoms with E-state index in [1.807, 2.05) is 26.0 Å². The van der Waals surface area contributed by atoms with Gasteiger partial charge in [-0.15, -0.1) is 0 Å². The van der Waals surface area contributed by atoms with Crippen molar-refractivity contribution < 1.29 is 9.47 Å². The van der Waals surface area contributed by atoms with E-state index < -0.39 is 0 Å². The van der Waals surface area contributed by atoms with E-state index in [0.29, 0.717) is 0 Å². The number of pyridine rings is 1. The molecule has 0 atom stereocenters. The largest absolute Gasteiger partial charge is 0.487 e. The van der Waals surface area contributed by atoms with Crippen LogP contribution in [-0.2, 0) is 4.74 Å². The number of hydrogen-bond acceptors (Lipinski definition) is 4. The van der Waals surface area contributed by atoms with Crippen molar-refractivity contribution in [2.75, 3.05) is 19.0 Å². The van der Waals surface area contributed by atoms with Crippen molar-refractivity contribution in [1.29, 1.82) is 0 Å². The molecule has 1 fully saturated rings. The molecule has 4 nitrogen and oxygen atoms in total. The van der Waals surface area contributed by atoms with Crippen LogP contribution in [0.2, 0.25) is 0 Å². The Kier molecular flexibility index (Phi) is 4.07. The monoisotopic (exact) mass is 250 g/mol. The minimum absolute atomic E-state index is 0.00732. The Hall–Kier alpha value is -1.29. The van der Waals surface area contributed by atoms with Crippen LogP contribution >= 0.6 is 0 Å². The van der Waals surface area contributed by atoms with E-state index in [9.17, 15) is 0 Å². The van der Waals surface area contributed by atoms with Crippen LogP contribution < -0.4 is 10.1 Å². The van der Waals surface area contributed by atoms with Gasteiger partial charge in [0.15, 0.2) is 11.6 Å². The van der Waals surface area contributed by atoms with Crippen LogP contribution in [0.5, 0.6) is 5.75 Å². The first-order chi connectivity index (χ1) is 8.65. The van der Waals surface area contributed by atoms with Crippen LogP contribution in [0.15, 0.2) is 18.3 Å². The second kappa shape index (κ2) is 5.57. The number of ether oxygens (including phenoxy) is 2. The van der Waals surface area contributed by atoms with Gasteiger partial charge in [0, 0.05) is 19.9 Å². The van der Waals surface area contributed by atoms with Crippen LogP contribution in [0.3, 0.4) is 0 Å². The van der Waals surface area contributed by atoms with Crippen LogP contribution in [0.4, 0.5) is 5.82 Å². The summed E-state index contributed by atoms with van der Waals surface area (Å²) in [6, 6.07) is 3.83. The van der Waals surface area contributed by atoms with E-state index >= 15 is 0 Å². The fourth-order valence-electron chi connectivity index (χ4n) is 2.14. The lowest BCUT2D eigenvalue weighted by Crippen LogP contribution is -2.45. The summed E-state index contributed by atoms with van der Waals surface area (Å²) in [5.74, 6) is 1.60. The molecule has 0 amide bonds. The third-order valence-corrected chi connectivity index (χ3v) is 3.41.